The van der Waals surface area contributed by atoms with Crippen LogP contribution >= 0.6 is 11.6 Å². The molecule has 4 heteroatoms. The molecule has 0 saturated heterocycles. The van der Waals surface area contributed by atoms with Gasteiger partial charge in [-0.05, 0) is 25.2 Å². The van der Waals surface area contributed by atoms with Crippen molar-refractivity contribution in [2.75, 3.05) is 25.6 Å². The molecule has 1 amide bonds. The minimum atomic E-state index is 0.198. The summed E-state index contributed by atoms with van der Waals surface area (Å²) in [6.07, 6.45) is 6.63. The number of hydrogen-bond acceptors (Lipinski definition) is 2. The molecule has 1 N–H and O–H groups in total. The predicted octanol–water partition coefficient (Wildman–Crippen LogP) is 2.33. The number of halogens is 1. The van der Waals surface area contributed by atoms with Crippen molar-refractivity contribution in [2.24, 2.45) is 5.92 Å². The zero-order valence-corrected chi connectivity index (χ0v) is 10.6. The molecule has 1 rings (SSSR count). The molecule has 0 radical (unpaired) electrons. The van der Waals surface area contributed by atoms with Crippen LogP contribution in [0.2, 0.25) is 0 Å². The second kappa shape index (κ2) is 8.82. The van der Waals surface area contributed by atoms with Gasteiger partial charge in [-0.25, -0.2) is 0 Å². The van der Waals surface area contributed by atoms with E-state index in [0.717, 1.165) is 6.42 Å². The Kier molecular flexibility index (Phi) is 7.60. The number of carbonyl (C=O) groups is 1. The molecule has 16 heavy (non-hydrogen) atoms. The van der Waals surface area contributed by atoms with Gasteiger partial charge >= 0.3 is 0 Å². The molecule has 0 aromatic heterocycles. The number of nitrogens with one attached hydrogen (secondary N) is 1. The van der Waals surface area contributed by atoms with Crippen molar-refractivity contribution in [1.29, 1.82) is 0 Å². The monoisotopic (exact) mass is 247 g/mol. The molecule has 0 atom stereocenters. The lowest BCUT2D eigenvalue weighted by Crippen LogP contribution is -2.26. The number of hydrogen-bond donors (Lipinski definition) is 1. The van der Waals surface area contributed by atoms with Crippen molar-refractivity contribution in [1.82, 2.24) is 5.32 Å². The Balaban J connectivity index is 1.89. The first-order chi connectivity index (χ1) is 7.83. The fourth-order valence-corrected chi connectivity index (χ4v) is 2.22. The maximum absolute atomic E-state index is 11.5. The van der Waals surface area contributed by atoms with Gasteiger partial charge in [0.05, 0.1) is 6.61 Å². The minimum absolute atomic E-state index is 0.198. The number of ether oxygens (including phenoxy) is 1. The molecule has 0 unspecified atom stereocenters. The average Bonchev–Trinajstić information content (AvgIpc) is 2.76. The molecule has 0 aromatic carbocycles. The molecule has 0 spiro atoms. The lowest BCUT2D eigenvalue weighted by atomic mass is 10.0. The molecule has 0 aromatic rings. The Morgan fingerprint density at radius 1 is 1.31 bits per heavy atom. The molecule has 0 bridgehead atoms. The van der Waals surface area contributed by atoms with Crippen LogP contribution in [0.1, 0.15) is 38.5 Å². The van der Waals surface area contributed by atoms with Gasteiger partial charge < -0.3 is 10.1 Å². The predicted molar refractivity (Wildman–Crippen MR) is 65.7 cm³/mol. The second-order valence-corrected chi connectivity index (χ2v) is 4.74. The highest BCUT2D eigenvalue weighted by Gasteiger charge is 2.17. The molecule has 1 saturated carbocycles. The fourth-order valence-electron chi connectivity index (χ4n) is 2.11. The van der Waals surface area contributed by atoms with E-state index in [1.165, 1.54) is 25.7 Å². The molecule has 0 heterocycles. The van der Waals surface area contributed by atoms with Crippen LogP contribution in [0.3, 0.4) is 0 Å². The molecule has 94 valence electrons. The van der Waals surface area contributed by atoms with E-state index < -0.39 is 0 Å². The zero-order valence-electron chi connectivity index (χ0n) is 9.84. The Morgan fingerprint density at radius 3 is 2.75 bits per heavy atom. The van der Waals surface area contributed by atoms with Gasteiger partial charge in [-0.2, -0.15) is 0 Å². The molecule has 3 nitrogen and oxygen atoms in total. The average molecular weight is 248 g/mol. The summed E-state index contributed by atoms with van der Waals surface area (Å²) < 4.78 is 5.21. The van der Waals surface area contributed by atoms with Crippen molar-refractivity contribution in [3.63, 3.8) is 0 Å². The van der Waals surface area contributed by atoms with Gasteiger partial charge in [0.25, 0.3) is 0 Å². The maximum Gasteiger partial charge on any atom is 0.220 e. The van der Waals surface area contributed by atoms with Crippen LogP contribution in [0.15, 0.2) is 0 Å². The molecule has 1 fully saturated rings. The summed E-state index contributed by atoms with van der Waals surface area (Å²) in [4.78, 5) is 11.5. The van der Waals surface area contributed by atoms with Crippen molar-refractivity contribution < 1.29 is 9.53 Å². The van der Waals surface area contributed by atoms with Crippen LogP contribution in [-0.4, -0.2) is 31.5 Å². The summed E-state index contributed by atoms with van der Waals surface area (Å²) in [5.41, 5.74) is 0. The highest BCUT2D eigenvalue weighted by molar-refractivity contribution is 6.17. The standard InChI is InChI=1S/C12H22ClNO2/c13-6-9-16-8-3-7-14-12(15)10-11-4-1-2-5-11/h11H,1-10H2,(H,14,15). The van der Waals surface area contributed by atoms with Crippen LogP contribution in [0.4, 0.5) is 0 Å². The van der Waals surface area contributed by atoms with E-state index in [1.54, 1.807) is 0 Å². The lowest BCUT2D eigenvalue weighted by molar-refractivity contribution is -0.122. The van der Waals surface area contributed by atoms with Crippen molar-refractivity contribution in [3.05, 3.63) is 0 Å². The summed E-state index contributed by atoms with van der Waals surface area (Å²) in [6.45, 7) is 1.99. The third kappa shape index (κ3) is 6.33. The largest absolute Gasteiger partial charge is 0.380 e. The van der Waals surface area contributed by atoms with Gasteiger partial charge in [-0.3, -0.25) is 4.79 Å². The molecule has 1 aliphatic rings. The van der Waals surface area contributed by atoms with Crippen LogP contribution in [0.5, 0.6) is 0 Å². The van der Waals surface area contributed by atoms with E-state index in [9.17, 15) is 4.79 Å². The smallest absolute Gasteiger partial charge is 0.220 e. The Morgan fingerprint density at radius 2 is 2.06 bits per heavy atom. The first-order valence-corrected chi connectivity index (χ1v) is 6.77. The third-order valence-electron chi connectivity index (χ3n) is 2.96. The Hall–Kier alpha value is -0.280. The first kappa shape index (κ1) is 13.8. The van der Waals surface area contributed by atoms with Crippen LogP contribution in [-0.2, 0) is 9.53 Å². The molecule has 0 aliphatic heterocycles. The number of amides is 1. The summed E-state index contributed by atoms with van der Waals surface area (Å²) in [6, 6.07) is 0. The fraction of sp³-hybridized carbons (Fsp3) is 0.917. The van der Waals surface area contributed by atoms with Crippen molar-refractivity contribution in [2.45, 2.75) is 38.5 Å². The summed E-state index contributed by atoms with van der Waals surface area (Å²) >= 11 is 5.47. The quantitative estimate of drug-likeness (QED) is 0.528. The van der Waals surface area contributed by atoms with E-state index in [1.807, 2.05) is 0 Å². The van der Waals surface area contributed by atoms with E-state index in [2.05, 4.69) is 5.32 Å². The summed E-state index contributed by atoms with van der Waals surface area (Å²) in [5.74, 6) is 1.37. The third-order valence-corrected chi connectivity index (χ3v) is 3.11. The van der Waals surface area contributed by atoms with E-state index in [4.69, 9.17) is 16.3 Å². The van der Waals surface area contributed by atoms with Crippen LogP contribution < -0.4 is 5.32 Å². The minimum Gasteiger partial charge on any atom is -0.380 e. The van der Waals surface area contributed by atoms with Crippen molar-refractivity contribution in [3.8, 4) is 0 Å². The topological polar surface area (TPSA) is 38.3 Å². The van der Waals surface area contributed by atoms with Crippen LogP contribution in [0.25, 0.3) is 0 Å². The Bertz CT molecular complexity index is 193. The van der Waals surface area contributed by atoms with Gasteiger partial charge in [0.1, 0.15) is 0 Å². The highest BCUT2D eigenvalue weighted by Crippen LogP contribution is 2.27. The van der Waals surface area contributed by atoms with E-state index in [-0.39, 0.29) is 5.91 Å². The summed E-state index contributed by atoms with van der Waals surface area (Å²) in [5, 5.41) is 2.93. The number of carbonyl (C=O) groups excluding carboxylic acids is 1. The second-order valence-electron chi connectivity index (χ2n) is 4.36. The van der Waals surface area contributed by atoms with Gasteiger partial charge in [0, 0.05) is 25.5 Å². The van der Waals surface area contributed by atoms with Gasteiger partial charge in [0.2, 0.25) is 5.91 Å². The first-order valence-electron chi connectivity index (χ1n) is 6.23. The lowest BCUT2D eigenvalue weighted by Gasteiger charge is -2.09. The van der Waals surface area contributed by atoms with Crippen LogP contribution in [0, 0.1) is 5.92 Å². The van der Waals surface area contributed by atoms with Crippen molar-refractivity contribution >= 4 is 17.5 Å². The molecular formula is C12H22ClNO2. The maximum atomic E-state index is 11.5. The van der Waals surface area contributed by atoms with E-state index >= 15 is 0 Å². The zero-order chi connectivity index (χ0) is 11.6. The normalized spacial score (nSPS) is 16.6. The molecular weight excluding hydrogens is 226 g/mol. The number of alkyl halides is 1. The molecule has 1 aliphatic carbocycles. The SMILES string of the molecule is O=C(CC1CCCC1)NCCCOCCCl. The Labute approximate surface area is 103 Å². The van der Waals surface area contributed by atoms with Gasteiger partial charge in [-0.15, -0.1) is 11.6 Å². The highest BCUT2D eigenvalue weighted by atomic mass is 35.5. The summed E-state index contributed by atoms with van der Waals surface area (Å²) in [7, 11) is 0. The van der Waals surface area contributed by atoms with E-state index in [0.29, 0.717) is 38.0 Å². The van der Waals surface area contributed by atoms with Gasteiger partial charge in [0.15, 0.2) is 0 Å². The number of rotatable bonds is 8. The van der Waals surface area contributed by atoms with Gasteiger partial charge in [-0.1, -0.05) is 12.8 Å².